The summed E-state index contributed by atoms with van der Waals surface area (Å²) in [6.45, 7) is 8.26. The van der Waals surface area contributed by atoms with Crippen LogP contribution in [-0.4, -0.2) is 29.9 Å². The molecule has 1 fully saturated rings. The summed E-state index contributed by atoms with van der Waals surface area (Å²) in [5.41, 5.74) is 1.80. The number of carbonyl (C=O) groups is 1. The minimum Gasteiger partial charge on any atom is -0.370 e. The van der Waals surface area contributed by atoms with Crippen molar-refractivity contribution >= 4 is 34.8 Å². The average Bonchev–Trinajstić information content (AvgIpc) is 2.96. The van der Waals surface area contributed by atoms with Crippen LogP contribution in [0.1, 0.15) is 25.8 Å². The van der Waals surface area contributed by atoms with E-state index in [1.165, 1.54) is 11.3 Å². The molecule has 0 aromatic heterocycles. The fourth-order valence-corrected chi connectivity index (χ4v) is 3.22. The molecule has 5 heteroatoms. The molecule has 1 aliphatic carbocycles. The summed E-state index contributed by atoms with van der Waals surface area (Å²) in [5, 5.41) is 2.95. The van der Waals surface area contributed by atoms with Crippen molar-refractivity contribution in [3.63, 3.8) is 0 Å². The summed E-state index contributed by atoms with van der Waals surface area (Å²) >= 11 is 12.0. The molecule has 0 saturated heterocycles. The first-order valence-electron chi connectivity index (χ1n) is 7.28. The second kappa shape index (κ2) is 6.05. The smallest absolute Gasteiger partial charge is 0.229 e. The van der Waals surface area contributed by atoms with Gasteiger partial charge in [0.05, 0.1) is 5.41 Å². The number of aryl methyl sites for hydroxylation is 1. The van der Waals surface area contributed by atoms with Crippen molar-refractivity contribution in [1.29, 1.82) is 0 Å². The van der Waals surface area contributed by atoms with Gasteiger partial charge in [0.15, 0.2) is 0 Å². The van der Waals surface area contributed by atoms with Crippen molar-refractivity contribution in [1.82, 2.24) is 5.32 Å². The molecule has 0 radical (unpaired) electrons. The normalized spacial score (nSPS) is 22.7. The summed E-state index contributed by atoms with van der Waals surface area (Å²) in [6, 6.07) is 8.26. The largest absolute Gasteiger partial charge is 0.370 e. The van der Waals surface area contributed by atoms with Gasteiger partial charge in [-0.25, -0.2) is 0 Å². The third-order valence-electron chi connectivity index (χ3n) is 4.26. The highest BCUT2D eigenvalue weighted by molar-refractivity contribution is 6.53. The van der Waals surface area contributed by atoms with Gasteiger partial charge in [-0.05, 0) is 38.8 Å². The number of amides is 1. The molecule has 0 heterocycles. The SMILES string of the molecule is CCN(CCNC(=O)C1(C)CC1(Cl)Cl)c1ccccc1C. The Balaban J connectivity index is 1.88. The lowest BCUT2D eigenvalue weighted by Gasteiger charge is -2.25. The number of nitrogens with zero attached hydrogens (tertiary/aromatic N) is 1. The van der Waals surface area contributed by atoms with Crippen molar-refractivity contribution in [2.24, 2.45) is 5.41 Å². The lowest BCUT2D eigenvalue weighted by Crippen LogP contribution is -2.39. The number of anilines is 1. The van der Waals surface area contributed by atoms with E-state index in [1.54, 1.807) is 6.92 Å². The maximum atomic E-state index is 12.1. The van der Waals surface area contributed by atoms with E-state index in [-0.39, 0.29) is 5.91 Å². The van der Waals surface area contributed by atoms with Crippen molar-refractivity contribution in [3.05, 3.63) is 29.8 Å². The summed E-state index contributed by atoms with van der Waals surface area (Å²) in [6.07, 6.45) is 0.518. The van der Waals surface area contributed by atoms with Crippen LogP contribution in [0.15, 0.2) is 24.3 Å². The number of nitrogens with one attached hydrogen (secondary N) is 1. The first-order valence-corrected chi connectivity index (χ1v) is 8.04. The van der Waals surface area contributed by atoms with Gasteiger partial charge in [-0.3, -0.25) is 4.79 Å². The molecule has 0 bridgehead atoms. The molecule has 3 nitrogen and oxygen atoms in total. The molecule has 0 aliphatic heterocycles. The lowest BCUT2D eigenvalue weighted by molar-refractivity contribution is -0.125. The van der Waals surface area contributed by atoms with Crippen LogP contribution in [-0.2, 0) is 4.79 Å². The zero-order valence-corrected chi connectivity index (χ0v) is 14.3. The third kappa shape index (κ3) is 3.29. The van der Waals surface area contributed by atoms with Crippen LogP contribution in [0.25, 0.3) is 0 Å². The highest BCUT2D eigenvalue weighted by Crippen LogP contribution is 2.63. The van der Waals surface area contributed by atoms with Crippen molar-refractivity contribution in [2.75, 3.05) is 24.5 Å². The van der Waals surface area contributed by atoms with Crippen LogP contribution in [0.4, 0.5) is 5.69 Å². The van der Waals surface area contributed by atoms with Crippen LogP contribution >= 0.6 is 23.2 Å². The average molecular weight is 329 g/mol. The maximum absolute atomic E-state index is 12.1. The second-order valence-corrected chi connectivity index (χ2v) is 7.32. The predicted octanol–water partition coefficient (Wildman–Crippen LogP) is 3.52. The van der Waals surface area contributed by atoms with E-state index in [1.807, 2.05) is 12.1 Å². The topological polar surface area (TPSA) is 32.3 Å². The molecule has 2 rings (SSSR count). The Bertz CT molecular complexity index is 533. The fraction of sp³-hybridized carbons (Fsp3) is 0.562. The minimum atomic E-state index is -0.905. The Labute approximate surface area is 136 Å². The van der Waals surface area contributed by atoms with Gasteiger partial charge in [-0.1, -0.05) is 18.2 Å². The van der Waals surface area contributed by atoms with Gasteiger partial charge < -0.3 is 10.2 Å². The summed E-state index contributed by atoms with van der Waals surface area (Å²) < 4.78 is -0.905. The minimum absolute atomic E-state index is 0.0617. The molecule has 1 unspecified atom stereocenters. The third-order valence-corrected chi connectivity index (χ3v) is 5.37. The number of para-hydroxylation sites is 1. The monoisotopic (exact) mass is 328 g/mol. The van der Waals surface area contributed by atoms with E-state index in [4.69, 9.17) is 23.2 Å². The fourth-order valence-electron chi connectivity index (χ4n) is 2.51. The number of rotatable bonds is 6. The number of hydrogen-bond donors (Lipinski definition) is 1. The molecular weight excluding hydrogens is 307 g/mol. The van der Waals surface area contributed by atoms with Crippen LogP contribution < -0.4 is 10.2 Å². The number of carbonyl (C=O) groups excluding carboxylic acids is 1. The molecule has 1 aromatic carbocycles. The van der Waals surface area contributed by atoms with E-state index in [2.05, 4.69) is 36.2 Å². The zero-order chi connectivity index (χ0) is 15.7. The van der Waals surface area contributed by atoms with Crippen molar-refractivity contribution in [3.8, 4) is 0 Å². The molecule has 1 aromatic rings. The Morgan fingerprint density at radius 2 is 2.00 bits per heavy atom. The summed E-state index contributed by atoms with van der Waals surface area (Å²) in [4.78, 5) is 14.4. The lowest BCUT2D eigenvalue weighted by atomic mass is 10.1. The van der Waals surface area contributed by atoms with Gasteiger partial charge in [0.2, 0.25) is 5.91 Å². The Kier molecular flexibility index (Phi) is 4.74. The molecule has 1 atom stereocenters. The van der Waals surface area contributed by atoms with Crippen LogP contribution in [0.5, 0.6) is 0 Å². The van der Waals surface area contributed by atoms with Crippen LogP contribution in [0, 0.1) is 12.3 Å². The van der Waals surface area contributed by atoms with Crippen LogP contribution in [0.3, 0.4) is 0 Å². The second-order valence-electron chi connectivity index (χ2n) is 5.84. The molecule has 1 aliphatic rings. The standard InChI is InChI=1S/C16H22Cl2N2O/c1-4-20(13-8-6-5-7-12(13)2)10-9-19-14(21)15(3)11-16(15,17)18/h5-8H,4,9-11H2,1-3H3,(H,19,21). The van der Waals surface area contributed by atoms with Gasteiger partial charge in [-0.15, -0.1) is 23.2 Å². The van der Waals surface area contributed by atoms with E-state index < -0.39 is 9.75 Å². The predicted molar refractivity (Wildman–Crippen MR) is 89.2 cm³/mol. The van der Waals surface area contributed by atoms with Gasteiger partial charge >= 0.3 is 0 Å². The highest BCUT2D eigenvalue weighted by atomic mass is 35.5. The zero-order valence-electron chi connectivity index (χ0n) is 12.7. The van der Waals surface area contributed by atoms with Crippen LogP contribution in [0.2, 0.25) is 0 Å². The molecule has 1 N–H and O–H groups in total. The maximum Gasteiger partial charge on any atom is 0.229 e. The molecule has 0 spiro atoms. The number of alkyl halides is 2. The van der Waals surface area contributed by atoms with E-state index in [0.29, 0.717) is 13.0 Å². The first-order chi connectivity index (χ1) is 9.82. The number of benzene rings is 1. The van der Waals surface area contributed by atoms with Gasteiger partial charge in [-0.2, -0.15) is 0 Å². The van der Waals surface area contributed by atoms with E-state index >= 15 is 0 Å². The van der Waals surface area contributed by atoms with E-state index in [9.17, 15) is 4.79 Å². The van der Waals surface area contributed by atoms with E-state index in [0.717, 1.165) is 13.1 Å². The summed E-state index contributed by atoms with van der Waals surface area (Å²) in [5.74, 6) is -0.0617. The number of hydrogen-bond acceptors (Lipinski definition) is 2. The van der Waals surface area contributed by atoms with Gasteiger partial charge in [0, 0.05) is 25.3 Å². The molecular formula is C16H22Cl2N2O. The molecule has 1 saturated carbocycles. The Hall–Kier alpha value is -0.930. The molecule has 1 amide bonds. The van der Waals surface area contributed by atoms with Crippen molar-refractivity contribution < 1.29 is 4.79 Å². The number of halogens is 2. The van der Waals surface area contributed by atoms with Gasteiger partial charge in [0.1, 0.15) is 4.33 Å². The summed E-state index contributed by atoms with van der Waals surface area (Å²) in [7, 11) is 0. The Morgan fingerprint density at radius 1 is 1.38 bits per heavy atom. The van der Waals surface area contributed by atoms with Gasteiger partial charge in [0.25, 0.3) is 0 Å². The molecule has 116 valence electrons. The van der Waals surface area contributed by atoms with Crippen molar-refractivity contribution in [2.45, 2.75) is 31.5 Å². The molecule has 21 heavy (non-hydrogen) atoms. The first kappa shape index (κ1) is 16.4. The highest BCUT2D eigenvalue weighted by Gasteiger charge is 2.67. The number of likely N-dealkylation sites (N-methyl/N-ethyl adjacent to an activating group) is 1. The quantitative estimate of drug-likeness (QED) is 0.810. The Morgan fingerprint density at radius 3 is 2.52 bits per heavy atom.